The molecule has 0 fully saturated rings. The first-order chi connectivity index (χ1) is 7.13. The first-order valence-corrected chi connectivity index (χ1v) is 5.23. The molecule has 2 heteroatoms. The molecule has 0 aromatic heterocycles. The number of hydrogen-bond donors (Lipinski definition) is 1. The highest BCUT2D eigenvalue weighted by molar-refractivity contribution is 5.66. The van der Waals surface area contributed by atoms with Gasteiger partial charge in [-0.2, -0.15) is 0 Å². The summed E-state index contributed by atoms with van der Waals surface area (Å²) in [5, 5.41) is 9.40. The molecule has 0 saturated carbocycles. The van der Waals surface area contributed by atoms with Crippen molar-refractivity contribution in [3.05, 3.63) is 35.9 Å². The first kappa shape index (κ1) is 11.8. The first-order valence-electron chi connectivity index (χ1n) is 5.23. The zero-order chi connectivity index (χ0) is 11.3. The Balaban J connectivity index is 2.75. The van der Waals surface area contributed by atoms with Crippen molar-refractivity contribution >= 4 is 5.57 Å². The third kappa shape index (κ3) is 3.76. The van der Waals surface area contributed by atoms with Crippen molar-refractivity contribution in [1.82, 2.24) is 4.90 Å². The van der Waals surface area contributed by atoms with Gasteiger partial charge in [-0.25, -0.2) is 0 Å². The average Bonchev–Trinajstić information content (AvgIpc) is 2.18. The number of phenols is 1. The van der Waals surface area contributed by atoms with Gasteiger partial charge in [0.2, 0.25) is 0 Å². The standard InChI is InChI=1S/C13H19NO/c1-4-11(8-9-14(2)3)12-6-5-7-13(15)10-12/h4-7,10,15H,8-9H2,1-3H3/b11-4-. The number of phenolic OH excluding ortho intramolecular Hbond substituents is 1. The van der Waals surface area contributed by atoms with Gasteiger partial charge in [-0.1, -0.05) is 18.2 Å². The summed E-state index contributed by atoms with van der Waals surface area (Å²) in [5.41, 5.74) is 2.39. The molecule has 2 nitrogen and oxygen atoms in total. The second-order valence-electron chi connectivity index (χ2n) is 3.92. The predicted molar refractivity (Wildman–Crippen MR) is 64.9 cm³/mol. The molecule has 0 saturated heterocycles. The summed E-state index contributed by atoms with van der Waals surface area (Å²) < 4.78 is 0. The van der Waals surface area contributed by atoms with Crippen LogP contribution < -0.4 is 0 Å². The van der Waals surface area contributed by atoms with Gasteiger partial charge in [-0.3, -0.25) is 0 Å². The summed E-state index contributed by atoms with van der Waals surface area (Å²) in [5.74, 6) is 0.330. The van der Waals surface area contributed by atoms with E-state index in [-0.39, 0.29) is 0 Å². The number of rotatable bonds is 4. The Morgan fingerprint density at radius 1 is 1.40 bits per heavy atom. The maximum atomic E-state index is 9.40. The van der Waals surface area contributed by atoms with E-state index in [9.17, 15) is 5.11 Å². The topological polar surface area (TPSA) is 23.5 Å². The summed E-state index contributed by atoms with van der Waals surface area (Å²) >= 11 is 0. The van der Waals surface area contributed by atoms with E-state index in [1.54, 1.807) is 6.07 Å². The smallest absolute Gasteiger partial charge is 0.116 e. The van der Waals surface area contributed by atoms with Crippen LogP contribution in [0.2, 0.25) is 0 Å². The van der Waals surface area contributed by atoms with Crippen LogP contribution in [-0.2, 0) is 0 Å². The average molecular weight is 205 g/mol. The highest BCUT2D eigenvalue weighted by Crippen LogP contribution is 2.21. The quantitative estimate of drug-likeness (QED) is 0.817. The Bertz CT molecular complexity index is 342. The lowest BCUT2D eigenvalue weighted by Crippen LogP contribution is -2.13. The van der Waals surface area contributed by atoms with E-state index in [2.05, 4.69) is 25.1 Å². The van der Waals surface area contributed by atoms with Gasteiger partial charge in [0.05, 0.1) is 0 Å². The third-order valence-electron chi connectivity index (χ3n) is 2.39. The molecule has 15 heavy (non-hydrogen) atoms. The monoisotopic (exact) mass is 205 g/mol. The molecule has 1 N–H and O–H groups in total. The maximum Gasteiger partial charge on any atom is 0.116 e. The molecule has 0 aliphatic carbocycles. The van der Waals surface area contributed by atoms with E-state index in [1.165, 1.54) is 5.57 Å². The maximum absolute atomic E-state index is 9.40. The number of nitrogens with zero attached hydrogens (tertiary/aromatic N) is 1. The van der Waals surface area contributed by atoms with E-state index in [0.717, 1.165) is 18.5 Å². The molecule has 1 aromatic carbocycles. The molecular weight excluding hydrogens is 186 g/mol. The van der Waals surface area contributed by atoms with Crippen molar-refractivity contribution in [2.45, 2.75) is 13.3 Å². The predicted octanol–water partition coefficient (Wildman–Crippen LogP) is 2.75. The van der Waals surface area contributed by atoms with E-state index in [0.29, 0.717) is 5.75 Å². The summed E-state index contributed by atoms with van der Waals surface area (Å²) in [6, 6.07) is 7.42. The highest BCUT2D eigenvalue weighted by atomic mass is 16.3. The number of benzene rings is 1. The Hall–Kier alpha value is -1.28. The van der Waals surface area contributed by atoms with Crippen molar-refractivity contribution in [3.8, 4) is 5.75 Å². The van der Waals surface area contributed by atoms with Gasteiger partial charge in [0.1, 0.15) is 5.75 Å². The van der Waals surface area contributed by atoms with Crippen LogP contribution in [0.1, 0.15) is 18.9 Å². The molecule has 0 aliphatic rings. The van der Waals surface area contributed by atoms with Crippen molar-refractivity contribution < 1.29 is 5.11 Å². The lowest BCUT2D eigenvalue weighted by Gasteiger charge is -2.12. The lowest BCUT2D eigenvalue weighted by atomic mass is 10.0. The Morgan fingerprint density at radius 3 is 2.67 bits per heavy atom. The molecule has 0 radical (unpaired) electrons. The summed E-state index contributed by atoms with van der Waals surface area (Å²) in [7, 11) is 4.13. The molecule has 0 aliphatic heterocycles. The number of allylic oxidation sites excluding steroid dienone is 1. The third-order valence-corrected chi connectivity index (χ3v) is 2.39. The molecule has 0 bridgehead atoms. The van der Waals surface area contributed by atoms with Gasteiger partial charge < -0.3 is 10.0 Å². The van der Waals surface area contributed by atoms with Crippen LogP contribution in [-0.4, -0.2) is 30.6 Å². The van der Waals surface area contributed by atoms with Crippen molar-refractivity contribution in [3.63, 3.8) is 0 Å². The van der Waals surface area contributed by atoms with E-state index >= 15 is 0 Å². The Kier molecular flexibility index (Phi) is 4.37. The van der Waals surface area contributed by atoms with Gasteiger partial charge in [0.15, 0.2) is 0 Å². The zero-order valence-electron chi connectivity index (χ0n) is 9.70. The summed E-state index contributed by atoms with van der Waals surface area (Å²) in [4.78, 5) is 2.16. The van der Waals surface area contributed by atoms with Crippen LogP contribution in [0.15, 0.2) is 30.3 Å². The minimum atomic E-state index is 0.330. The lowest BCUT2D eigenvalue weighted by molar-refractivity contribution is 0.419. The molecule has 0 unspecified atom stereocenters. The van der Waals surface area contributed by atoms with Crippen molar-refractivity contribution in [2.24, 2.45) is 0 Å². The molecule has 1 rings (SSSR count). The molecule has 0 atom stereocenters. The van der Waals surface area contributed by atoms with Gasteiger partial charge in [-0.15, -0.1) is 0 Å². The van der Waals surface area contributed by atoms with Crippen molar-refractivity contribution in [2.75, 3.05) is 20.6 Å². The fourth-order valence-corrected chi connectivity index (χ4v) is 1.51. The van der Waals surface area contributed by atoms with Crippen LogP contribution >= 0.6 is 0 Å². The van der Waals surface area contributed by atoms with Crippen LogP contribution in [0.3, 0.4) is 0 Å². The minimum Gasteiger partial charge on any atom is -0.508 e. The molecule has 0 spiro atoms. The van der Waals surface area contributed by atoms with E-state index in [1.807, 2.05) is 25.1 Å². The molecule has 82 valence electrons. The molecule has 1 aromatic rings. The highest BCUT2D eigenvalue weighted by Gasteiger charge is 2.02. The van der Waals surface area contributed by atoms with Crippen LogP contribution in [0, 0.1) is 0 Å². The van der Waals surface area contributed by atoms with Crippen LogP contribution in [0.25, 0.3) is 5.57 Å². The Labute approximate surface area is 91.9 Å². The molecular formula is C13H19NO. The molecule has 0 amide bonds. The Morgan fingerprint density at radius 2 is 2.13 bits per heavy atom. The van der Waals surface area contributed by atoms with Gasteiger partial charge >= 0.3 is 0 Å². The van der Waals surface area contributed by atoms with Gasteiger partial charge in [0, 0.05) is 6.54 Å². The second-order valence-corrected chi connectivity index (χ2v) is 3.92. The number of hydrogen-bond acceptors (Lipinski definition) is 2. The summed E-state index contributed by atoms with van der Waals surface area (Å²) in [6.45, 7) is 3.06. The van der Waals surface area contributed by atoms with Crippen LogP contribution in [0.5, 0.6) is 5.75 Å². The summed E-state index contributed by atoms with van der Waals surface area (Å²) in [6.07, 6.45) is 3.12. The fraction of sp³-hybridized carbons (Fsp3) is 0.385. The molecule has 0 heterocycles. The van der Waals surface area contributed by atoms with Gasteiger partial charge in [0.25, 0.3) is 0 Å². The normalized spacial score (nSPS) is 12.1. The second kappa shape index (κ2) is 5.56. The zero-order valence-corrected chi connectivity index (χ0v) is 9.70. The SMILES string of the molecule is C/C=C(/CCN(C)C)c1cccc(O)c1. The fourth-order valence-electron chi connectivity index (χ4n) is 1.51. The van der Waals surface area contributed by atoms with Gasteiger partial charge in [-0.05, 0) is 50.7 Å². The van der Waals surface area contributed by atoms with Crippen molar-refractivity contribution in [1.29, 1.82) is 0 Å². The minimum absolute atomic E-state index is 0.330. The van der Waals surface area contributed by atoms with E-state index < -0.39 is 0 Å². The number of aromatic hydroxyl groups is 1. The van der Waals surface area contributed by atoms with Crippen LogP contribution in [0.4, 0.5) is 0 Å². The van der Waals surface area contributed by atoms with E-state index in [4.69, 9.17) is 0 Å². The largest absolute Gasteiger partial charge is 0.508 e.